The zero-order valence-electron chi connectivity index (χ0n) is 16.2. The van der Waals surface area contributed by atoms with Crippen molar-refractivity contribution >= 4 is 35.8 Å². The molecule has 0 aliphatic carbocycles. The fourth-order valence-electron chi connectivity index (χ4n) is 2.11. The number of carbonyl (C=O) groups is 1. The molecule has 0 atom stereocenters. The summed E-state index contributed by atoms with van der Waals surface area (Å²) in [6.07, 6.45) is 0. The first kappa shape index (κ1) is 24.6. The van der Waals surface area contributed by atoms with E-state index in [4.69, 9.17) is 4.74 Å². The van der Waals surface area contributed by atoms with Crippen LogP contribution in [0.5, 0.6) is 0 Å². The van der Waals surface area contributed by atoms with Gasteiger partial charge in [0, 0.05) is 45.4 Å². The molecule has 1 aromatic rings. The molecule has 0 unspecified atom stereocenters. The van der Waals surface area contributed by atoms with Crippen LogP contribution in [0.25, 0.3) is 0 Å². The molecule has 0 heterocycles. The molecule has 0 saturated heterocycles. The zero-order chi connectivity index (χ0) is 18.5. The van der Waals surface area contributed by atoms with Crippen LogP contribution in [0.2, 0.25) is 0 Å². The fraction of sp³-hybridized carbons (Fsp3) is 0.556. The third kappa shape index (κ3) is 10.6. The van der Waals surface area contributed by atoms with Crippen LogP contribution in [0.3, 0.4) is 0 Å². The SMILES string of the molecule is CCOCCNC(=NC)NCc1cccc(C(=O)NCCN(C)C)c1.I. The predicted octanol–water partition coefficient (Wildman–Crippen LogP) is 1.30. The van der Waals surface area contributed by atoms with Gasteiger partial charge in [-0.25, -0.2) is 0 Å². The minimum Gasteiger partial charge on any atom is -0.380 e. The van der Waals surface area contributed by atoms with Gasteiger partial charge in [-0.15, -0.1) is 24.0 Å². The van der Waals surface area contributed by atoms with E-state index in [1.165, 1.54) is 0 Å². The standard InChI is InChI=1S/C18H31N5O2.HI/c1-5-25-12-10-21-18(19-2)22-14-15-7-6-8-16(13-15)17(24)20-9-11-23(3)4;/h6-8,13H,5,9-12,14H2,1-4H3,(H,20,24)(H2,19,21,22);1H. The predicted molar refractivity (Wildman–Crippen MR) is 117 cm³/mol. The Morgan fingerprint density at radius 2 is 1.96 bits per heavy atom. The number of benzene rings is 1. The molecule has 0 spiro atoms. The van der Waals surface area contributed by atoms with Crippen molar-refractivity contribution in [2.24, 2.45) is 4.99 Å². The number of carbonyl (C=O) groups excluding carboxylic acids is 1. The molecule has 148 valence electrons. The Morgan fingerprint density at radius 3 is 2.62 bits per heavy atom. The van der Waals surface area contributed by atoms with E-state index in [9.17, 15) is 4.79 Å². The summed E-state index contributed by atoms with van der Waals surface area (Å²) in [6, 6.07) is 7.59. The molecule has 26 heavy (non-hydrogen) atoms. The number of rotatable bonds is 10. The van der Waals surface area contributed by atoms with E-state index in [-0.39, 0.29) is 29.9 Å². The van der Waals surface area contributed by atoms with Gasteiger partial charge in [-0.2, -0.15) is 0 Å². The van der Waals surface area contributed by atoms with Crippen molar-refractivity contribution in [1.82, 2.24) is 20.9 Å². The van der Waals surface area contributed by atoms with Crippen molar-refractivity contribution in [1.29, 1.82) is 0 Å². The first-order valence-corrected chi connectivity index (χ1v) is 8.61. The van der Waals surface area contributed by atoms with E-state index in [0.29, 0.717) is 44.4 Å². The summed E-state index contributed by atoms with van der Waals surface area (Å²) in [6.45, 7) is 6.05. The van der Waals surface area contributed by atoms with Gasteiger partial charge in [-0.05, 0) is 38.7 Å². The van der Waals surface area contributed by atoms with Crippen molar-refractivity contribution in [2.75, 3.05) is 54.0 Å². The monoisotopic (exact) mass is 477 g/mol. The Kier molecular flexibility index (Phi) is 14.0. The molecule has 0 aromatic heterocycles. The van der Waals surface area contributed by atoms with Crippen LogP contribution in [0, 0.1) is 0 Å². The topological polar surface area (TPSA) is 78.0 Å². The Bertz CT molecular complexity index is 552. The lowest BCUT2D eigenvalue weighted by atomic mass is 10.1. The maximum Gasteiger partial charge on any atom is 0.251 e. The molecule has 0 aliphatic heterocycles. The Morgan fingerprint density at radius 1 is 1.19 bits per heavy atom. The molecule has 1 rings (SSSR count). The van der Waals surface area contributed by atoms with Gasteiger partial charge in [-0.1, -0.05) is 12.1 Å². The Labute approximate surface area is 174 Å². The third-order valence-corrected chi connectivity index (χ3v) is 3.46. The summed E-state index contributed by atoms with van der Waals surface area (Å²) in [5.74, 6) is 0.656. The second kappa shape index (κ2) is 14.7. The average Bonchev–Trinajstić information content (AvgIpc) is 2.61. The largest absolute Gasteiger partial charge is 0.380 e. The molecule has 8 heteroatoms. The van der Waals surface area contributed by atoms with Gasteiger partial charge in [0.25, 0.3) is 5.91 Å². The van der Waals surface area contributed by atoms with E-state index in [1.54, 1.807) is 7.05 Å². The highest BCUT2D eigenvalue weighted by atomic mass is 127. The lowest BCUT2D eigenvalue weighted by Gasteiger charge is -2.13. The number of hydrogen-bond acceptors (Lipinski definition) is 4. The van der Waals surface area contributed by atoms with Crippen molar-refractivity contribution in [3.8, 4) is 0 Å². The first-order valence-electron chi connectivity index (χ1n) is 8.61. The van der Waals surface area contributed by atoms with Gasteiger partial charge in [0.1, 0.15) is 0 Å². The summed E-state index contributed by atoms with van der Waals surface area (Å²) in [5, 5.41) is 9.33. The number of aliphatic imine (C=N–C) groups is 1. The summed E-state index contributed by atoms with van der Waals surface area (Å²) in [7, 11) is 5.69. The van der Waals surface area contributed by atoms with Gasteiger partial charge >= 0.3 is 0 Å². The Balaban J connectivity index is 0.00000625. The molecule has 1 amide bonds. The van der Waals surface area contributed by atoms with E-state index >= 15 is 0 Å². The molecule has 0 saturated carbocycles. The number of nitrogens with zero attached hydrogens (tertiary/aromatic N) is 2. The normalized spacial score (nSPS) is 11.0. The third-order valence-electron chi connectivity index (χ3n) is 3.46. The molecule has 3 N–H and O–H groups in total. The maximum absolute atomic E-state index is 12.2. The molecular formula is C18H32IN5O2. The average molecular weight is 477 g/mol. The van der Waals surface area contributed by atoms with Crippen LogP contribution in [-0.2, 0) is 11.3 Å². The number of amides is 1. The second-order valence-corrected chi connectivity index (χ2v) is 5.81. The molecule has 0 aliphatic rings. The number of likely N-dealkylation sites (N-methyl/N-ethyl adjacent to an activating group) is 1. The summed E-state index contributed by atoms with van der Waals surface area (Å²) in [5.41, 5.74) is 1.69. The Hall–Kier alpha value is -1.39. The highest BCUT2D eigenvalue weighted by Gasteiger charge is 2.06. The number of ether oxygens (including phenoxy) is 1. The minimum atomic E-state index is -0.0529. The number of hydrogen-bond donors (Lipinski definition) is 3. The highest BCUT2D eigenvalue weighted by molar-refractivity contribution is 14.0. The first-order chi connectivity index (χ1) is 12.1. The van der Waals surface area contributed by atoms with Gasteiger partial charge in [0.15, 0.2) is 5.96 Å². The van der Waals surface area contributed by atoms with Crippen molar-refractivity contribution in [3.05, 3.63) is 35.4 Å². The van der Waals surface area contributed by atoms with E-state index in [1.807, 2.05) is 50.2 Å². The molecular weight excluding hydrogens is 445 g/mol. The molecule has 1 aromatic carbocycles. The van der Waals surface area contributed by atoms with Gasteiger partial charge < -0.3 is 25.6 Å². The minimum absolute atomic E-state index is 0. The second-order valence-electron chi connectivity index (χ2n) is 5.81. The molecule has 7 nitrogen and oxygen atoms in total. The van der Waals surface area contributed by atoms with Crippen LogP contribution < -0.4 is 16.0 Å². The summed E-state index contributed by atoms with van der Waals surface area (Å²) >= 11 is 0. The van der Waals surface area contributed by atoms with Gasteiger partial charge in [-0.3, -0.25) is 9.79 Å². The van der Waals surface area contributed by atoms with E-state index in [0.717, 1.165) is 12.1 Å². The van der Waals surface area contributed by atoms with Crippen molar-refractivity contribution < 1.29 is 9.53 Å². The van der Waals surface area contributed by atoms with Gasteiger partial charge in [0.2, 0.25) is 0 Å². The van der Waals surface area contributed by atoms with Crippen LogP contribution in [0.1, 0.15) is 22.8 Å². The van der Waals surface area contributed by atoms with E-state index in [2.05, 4.69) is 20.9 Å². The van der Waals surface area contributed by atoms with Crippen LogP contribution in [0.15, 0.2) is 29.3 Å². The zero-order valence-corrected chi connectivity index (χ0v) is 18.5. The number of halogens is 1. The number of guanidine groups is 1. The number of nitrogens with one attached hydrogen (secondary N) is 3. The molecule has 0 fully saturated rings. The lowest BCUT2D eigenvalue weighted by Crippen LogP contribution is -2.38. The quantitative estimate of drug-likeness (QED) is 0.205. The summed E-state index contributed by atoms with van der Waals surface area (Å²) < 4.78 is 5.29. The fourth-order valence-corrected chi connectivity index (χ4v) is 2.11. The van der Waals surface area contributed by atoms with Crippen LogP contribution in [-0.4, -0.2) is 70.8 Å². The maximum atomic E-state index is 12.2. The van der Waals surface area contributed by atoms with Gasteiger partial charge in [0.05, 0.1) is 6.61 Å². The van der Waals surface area contributed by atoms with Crippen molar-refractivity contribution in [3.63, 3.8) is 0 Å². The highest BCUT2D eigenvalue weighted by Crippen LogP contribution is 2.05. The van der Waals surface area contributed by atoms with E-state index < -0.39 is 0 Å². The lowest BCUT2D eigenvalue weighted by molar-refractivity contribution is 0.0951. The van der Waals surface area contributed by atoms with Crippen LogP contribution in [0.4, 0.5) is 0 Å². The smallest absolute Gasteiger partial charge is 0.251 e. The molecule has 0 radical (unpaired) electrons. The summed E-state index contributed by atoms with van der Waals surface area (Å²) in [4.78, 5) is 18.4. The van der Waals surface area contributed by atoms with Crippen molar-refractivity contribution in [2.45, 2.75) is 13.5 Å². The molecule has 0 bridgehead atoms. The van der Waals surface area contributed by atoms with Crippen LogP contribution >= 0.6 is 24.0 Å².